The highest BCUT2D eigenvalue weighted by Gasteiger charge is 2.42. The van der Waals surface area contributed by atoms with E-state index in [1.807, 2.05) is 26.0 Å². The minimum absolute atomic E-state index is 0.137. The topological polar surface area (TPSA) is 78.5 Å². The molecule has 7 heteroatoms. The molecule has 2 N–H and O–H groups in total. The van der Waals surface area contributed by atoms with Crippen molar-refractivity contribution in [3.05, 3.63) is 70.2 Å². The van der Waals surface area contributed by atoms with Crippen molar-refractivity contribution in [1.82, 2.24) is 15.1 Å². The molecule has 6 nitrogen and oxygen atoms in total. The van der Waals surface area contributed by atoms with Gasteiger partial charge in [-0.3, -0.25) is 9.89 Å². The summed E-state index contributed by atoms with van der Waals surface area (Å²) in [5, 5.41) is 18.0. The summed E-state index contributed by atoms with van der Waals surface area (Å²) in [4.78, 5) is 14.9. The monoisotopic (exact) mass is 409 g/mol. The fourth-order valence-corrected chi connectivity index (χ4v) is 4.14. The molecular weight excluding hydrogens is 385 g/mol. The molecule has 0 saturated heterocycles. The lowest BCUT2D eigenvalue weighted by molar-refractivity contribution is 0.0723. The Hall–Kier alpha value is -3.19. The fourth-order valence-electron chi connectivity index (χ4n) is 4.14. The highest BCUT2D eigenvalue weighted by Crippen LogP contribution is 2.45. The molecule has 2 aromatic carbocycles. The molecule has 0 bridgehead atoms. The maximum absolute atomic E-state index is 13.6. The van der Waals surface area contributed by atoms with Gasteiger partial charge >= 0.3 is 0 Å². The highest BCUT2D eigenvalue weighted by atomic mass is 19.1. The number of hydrogen-bond acceptors (Lipinski definition) is 4. The van der Waals surface area contributed by atoms with Crippen LogP contribution in [0, 0.1) is 19.7 Å². The quantitative estimate of drug-likeness (QED) is 0.601. The van der Waals surface area contributed by atoms with Crippen LogP contribution >= 0.6 is 0 Å². The van der Waals surface area contributed by atoms with Gasteiger partial charge in [0.1, 0.15) is 23.0 Å². The summed E-state index contributed by atoms with van der Waals surface area (Å²) in [5.74, 6) is -0.371. The molecule has 30 heavy (non-hydrogen) atoms. The van der Waals surface area contributed by atoms with E-state index in [-0.39, 0.29) is 17.5 Å². The van der Waals surface area contributed by atoms with Gasteiger partial charge in [0.25, 0.3) is 5.91 Å². The van der Waals surface area contributed by atoms with Crippen molar-refractivity contribution in [1.29, 1.82) is 0 Å². The number of aromatic amines is 1. The SMILES string of the molecule is COCCCN1C(=O)c2[nH]nc(-c3cc(C)cc(C)c3O)c2C1c1ccc(F)cc1. The number of methoxy groups -OCH3 is 1. The second kappa shape index (κ2) is 7.91. The fraction of sp³-hybridized carbons (Fsp3) is 0.304. The Morgan fingerprint density at radius 2 is 1.97 bits per heavy atom. The van der Waals surface area contributed by atoms with E-state index in [4.69, 9.17) is 4.74 Å². The van der Waals surface area contributed by atoms with Crippen LogP contribution in [0.4, 0.5) is 4.39 Å². The third kappa shape index (κ3) is 3.35. The Kier molecular flexibility index (Phi) is 5.30. The van der Waals surface area contributed by atoms with Crippen molar-refractivity contribution in [3.8, 4) is 17.0 Å². The number of benzene rings is 2. The summed E-state index contributed by atoms with van der Waals surface area (Å²) < 4.78 is 18.7. The standard InChI is InChI=1S/C23H24FN3O3/c1-13-11-14(2)22(28)17(12-13)19-18-20(26-25-19)23(29)27(9-4-10-30-3)21(18)15-5-7-16(24)8-6-15/h5-8,11-12,21,28H,4,9-10H2,1-3H3,(H,25,26). The normalized spacial score (nSPS) is 15.7. The summed E-state index contributed by atoms with van der Waals surface area (Å²) >= 11 is 0. The number of rotatable bonds is 6. The zero-order chi connectivity index (χ0) is 21.4. The van der Waals surface area contributed by atoms with E-state index in [0.29, 0.717) is 42.1 Å². The predicted octanol–water partition coefficient (Wildman–Crippen LogP) is 4.12. The number of carbonyl (C=O) groups excluding carboxylic acids is 1. The number of H-pyrrole nitrogens is 1. The largest absolute Gasteiger partial charge is 0.507 e. The van der Waals surface area contributed by atoms with E-state index in [0.717, 1.165) is 16.7 Å². The van der Waals surface area contributed by atoms with Crippen LogP contribution in [-0.4, -0.2) is 46.4 Å². The molecule has 0 saturated carbocycles. The smallest absolute Gasteiger partial charge is 0.273 e. The first-order valence-corrected chi connectivity index (χ1v) is 9.86. The van der Waals surface area contributed by atoms with Crippen LogP contribution in [0.5, 0.6) is 5.75 Å². The van der Waals surface area contributed by atoms with Gasteiger partial charge in [-0.25, -0.2) is 4.39 Å². The van der Waals surface area contributed by atoms with Gasteiger partial charge in [-0.05, 0) is 55.2 Å². The van der Waals surface area contributed by atoms with Gasteiger partial charge in [-0.15, -0.1) is 0 Å². The Morgan fingerprint density at radius 1 is 1.23 bits per heavy atom. The van der Waals surface area contributed by atoms with Gasteiger partial charge in [0.05, 0.1) is 6.04 Å². The number of ether oxygens (including phenoxy) is 1. The summed E-state index contributed by atoms with van der Waals surface area (Å²) in [6.45, 7) is 4.78. The maximum atomic E-state index is 13.6. The van der Waals surface area contributed by atoms with Crippen molar-refractivity contribution in [2.45, 2.75) is 26.3 Å². The lowest BCUT2D eigenvalue weighted by Gasteiger charge is -2.26. The average Bonchev–Trinajstić information content (AvgIpc) is 3.25. The molecule has 0 spiro atoms. The van der Waals surface area contributed by atoms with Gasteiger partial charge in [-0.1, -0.05) is 18.2 Å². The molecule has 0 fully saturated rings. The Morgan fingerprint density at radius 3 is 2.67 bits per heavy atom. The lowest BCUT2D eigenvalue weighted by Crippen LogP contribution is -2.31. The first-order valence-electron chi connectivity index (χ1n) is 9.86. The van der Waals surface area contributed by atoms with Crippen LogP contribution in [0.25, 0.3) is 11.3 Å². The van der Waals surface area contributed by atoms with Crippen LogP contribution in [0.2, 0.25) is 0 Å². The first kappa shape index (κ1) is 20.1. The molecular formula is C23H24FN3O3. The number of hydrogen-bond donors (Lipinski definition) is 2. The van der Waals surface area contributed by atoms with E-state index in [1.54, 1.807) is 24.1 Å². The zero-order valence-corrected chi connectivity index (χ0v) is 17.2. The molecule has 1 aliphatic rings. The number of aryl methyl sites for hydroxylation is 2. The molecule has 3 aromatic rings. The van der Waals surface area contributed by atoms with Crippen molar-refractivity contribution in [2.75, 3.05) is 20.3 Å². The number of nitrogens with one attached hydrogen (secondary N) is 1. The van der Waals surface area contributed by atoms with Crippen molar-refractivity contribution in [2.24, 2.45) is 0 Å². The lowest BCUT2D eigenvalue weighted by atomic mass is 9.94. The van der Waals surface area contributed by atoms with Gasteiger partial charge in [-0.2, -0.15) is 5.10 Å². The number of aromatic hydroxyl groups is 1. The maximum Gasteiger partial charge on any atom is 0.273 e. The molecule has 2 heterocycles. The predicted molar refractivity (Wildman–Crippen MR) is 111 cm³/mol. The molecule has 156 valence electrons. The number of phenols is 1. The zero-order valence-electron chi connectivity index (χ0n) is 17.2. The van der Waals surface area contributed by atoms with Crippen LogP contribution in [0.1, 0.15) is 45.2 Å². The number of fused-ring (bicyclic) bond motifs is 1. The van der Waals surface area contributed by atoms with E-state index >= 15 is 0 Å². The Bertz CT molecular complexity index is 1090. The van der Waals surface area contributed by atoms with Crippen LogP contribution in [-0.2, 0) is 4.74 Å². The number of phenolic OH excluding ortho intramolecular Hbond substituents is 1. The number of aromatic nitrogens is 2. The molecule has 0 aliphatic carbocycles. The van der Waals surface area contributed by atoms with Gasteiger partial charge in [0.2, 0.25) is 0 Å². The third-order valence-electron chi connectivity index (χ3n) is 5.50. The second-order valence-corrected chi connectivity index (χ2v) is 7.64. The highest BCUT2D eigenvalue weighted by molar-refractivity contribution is 6.00. The second-order valence-electron chi connectivity index (χ2n) is 7.64. The first-order chi connectivity index (χ1) is 14.4. The summed E-state index contributed by atoms with van der Waals surface area (Å²) in [5.41, 5.74) is 4.71. The molecule has 1 aromatic heterocycles. The van der Waals surface area contributed by atoms with Gasteiger partial charge < -0.3 is 14.7 Å². The molecule has 1 unspecified atom stereocenters. The number of halogens is 1. The van der Waals surface area contributed by atoms with Crippen LogP contribution in [0.3, 0.4) is 0 Å². The summed E-state index contributed by atoms with van der Waals surface area (Å²) in [6, 6.07) is 9.47. The van der Waals surface area contributed by atoms with E-state index in [1.165, 1.54) is 12.1 Å². The van der Waals surface area contributed by atoms with E-state index in [9.17, 15) is 14.3 Å². The Balaban J connectivity index is 1.87. The van der Waals surface area contributed by atoms with Crippen molar-refractivity contribution < 1.29 is 19.0 Å². The summed E-state index contributed by atoms with van der Waals surface area (Å²) in [6.07, 6.45) is 0.668. The van der Waals surface area contributed by atoms with E-state index < -0.39 is 6.04 Å². The van der Waals surface area contributed by atoms with E-state index in [2.05, 4.69) is 10.2 Å². The molecule has 4 rings (SSSR count). The minimum atomic E-state index is -0.432. The van der Waals surface area contributed by atoms with Crippen molar-refractivity contribution in [3.63, 3.8) is 0 Å². The number of carbonyl (C=O) groups is 1. The summed E-state index contributed by atoms with van der Waals surface area (Å²) in [7, 11) is 1.62. The van der Waals surface area contributed by atoms with Crippen molar-refractivity contribution >= 4 is 5.91 Å². The minimum Gasteiger partial charge on any atom is -0.507 e. The number of amides is 1. The van der Waals surface area contributed by atoms with Gasteiger partial charge in [0.15, 0.2) is 0 Å². The molecule has 0 radical (unpaired) electrons. The number of nitrogens with zero attached hydrogens (tertiary/aromatic N) is 2. The van der Waals surface area contributed by atoms with Crippen LogP contribution in [0.15, 0.2) is 36.4 Å². The third-order valence-corrected chi connectivity index (χ3v) is 5.50. The average molecular weight is 409 g/mol. The van der Waals surface area contributed by atoms with Crippen LogP contribution < -0.4 is 0 Å². The molecule has 1 aliphatic heterocycles. The Labute approximate surface area is 174 Å². The van der Waals surface area contributed by atoms with Gasteiger partial charge in [0, 0.05) is 31.4 Å². The molecule has 1 amide bonds. The molecule has 1 atom stereocenters.